The first-order chi connectivity index (χ1) is 11.2. The lowest BCUT2D eigenvalue weighted by atomic mass is 9.91. The van der Waals surface area contributed by atoms with Crippen molar-refractivity contribution in [1.29, 1.82) is 0 Å². The summed E-state index contributed by atoms with van der Waals surface area (Å²) in [6.07, 6.45) is 6.90. The Morgan fingerprint density at radius 2 is 2.09 bits per heavy atom. The Bertz CT molecular complexity index is 582. The molecule has 124 valence electrons. The summed E-state index contributed by atoms with van der Waals surface area (Å²) in [6, 6.07) is 0.709. The maximum Gasteiger partial charge on any atom is 0.274 e. The minimum absolute atomic E-state index is 0.0176. The van der Waals surface area contributed by atoms with Crippen LogP contribution in [0.3, 0.4) is 0 Å². The second kappa shape index (κ2) is 5.94. The van der Waals surface area contributed by atoms with Crippen molar-refractivity contribution in [3.8, 4) is 5.88 Å². The molecule has 0 aliphatic carbocycles. The van der Waals surface area contributed by atoms with E-state index in [1.807, 2.05) is 4.90 Å². The van der Waals surface area contributed by atoms with Crippen LogP contribution in [0.2, 0.25) is 0 Å². The topological polar surface area (TPSA) is 58.6 Å². The van der Waals surface area contributed by atoms with Gasteiger partial charge in [-0.1, -0.05) is 0 Å². The molecule has 1 aromatic rings. The van der Waals surface area contributed by atoms with Crippen LogP contribution in [-0.2, 0) is 0 Å². The first-order valence-corrected chi connectivity index (χ1v) is 9.21. The van der Waals surface area contributed by atoms with E-state index < -0.39 is 0 Å². The lowest BCUT2D eigenvalue weighted by Crippen LogP contribution is -2.61. The second-order valence-corrected chi connectivity index (χ2v) is 8.19. The fourth-order valence-electron chi connectivity index (χ4n) is 3.87. The highest BCUT2D eigenvalue weighted by molar-refractivity contribution is 8.01. The number of hydrogen-bond acceptors (Lipinski definition) is 6. The Kier molecular flexibility index (Phi) is 3.93. The monoisotopic (exact) mass is 334 g/mol. The summed E-state index contributed by atoms with van der Waals surface area (Å²) in [5.74, 6) is 1.63. The molecule has 1 aromatic heterocycles. The Balaban J connectivity index is 1.34. The lowest BCUT2D eigenvalue weighted by molar-refractivity contribution is 0.0526. The maximum atomic E-state index is 12.5. The Labute approximate surface area is 140 Å². The minimum atomic E-state index is -0.0176. The molecular formula is C16H22N4O2S. The fourth-order valence-corrected chi connectivity index (χ4v) is 5.55. The summed E-state index contributed by atoms with van der Waals surface area (Å²) >= 11 is 2.06. The van der Waals surface area contributed by atoms with Crippen LogP contribution < -0.4 is 4.74 Å². The van der Waals surface area contributed by atoms with Crippen molar-refractivity contribution in [1.82, 2.24) is 19.8 Å². The maximum absolute atomic E-state index is 12.5. The standard InChI is InChI=1S/C16H22N4O2S/c1-22-14-8-17-13(7-18-14)15(21)20-10-16(11-20)6-12(9-23-16)19-4-2-3-5-19/h7-8,12H,2-6,9-11H2,1H3. The van der Waals surface area contributed by atoms with Gasteiger partial charge in [-0.2, -0.15) is 0 Å². The number of aromatic nitrogens is 2. The van der Waals surface area contributed by atoms with Crippen molar-refractivity contribution >= 4 is 17.7 Å². The molecule has 7 heteroatoms. The van der Waals surface area contributed by atoms with E-state index in [2.05, 4.69) is 26.6 Å². The molecule has 4 rings (SSSR count). The van der Waals surface area contributed by atoms with E-state index in [4.69, 9.17) is 4.74 Å². The van der Waals surface area contributed by atoms with Gasteiger partial charge in [0.2, 0.25) is 5.88 Å². The Hall–Kier alpha value is -1.34. The normalized spacial score (nSPS) is 26.5. The third-order valence-electron chi connectivity index (χ3n) is 5.15. The highest BCUT2D eigenvalue weighted by Gasteiger charge is 2.51. The summed E-state index contributed by atoms with van der Waals surface area (Å²) in [5.41, 5.74) is 0.403. The van der Waals surface area contributed by atoms with Gasteiger partial charge in [0.15, 0.2) is 0 Å². The second-order valence-electron chi connectivity index (χ2n) is 6.70. The van der Waals surface area contributed by atoms with Gasteiger partial charge in [-0.15, -0.1) is 11.8 Å². The molecular weight excluding hydrogens is 312 g/mol. The van der Waals surface area contributed by atoms with Gasteiger partial charge in [-0.05, 0) is 32.4 Å². The molecule has 4 heterocycles. The molecule has 0 radical (unpaired) electrons. The number of rotatable bonds is 3. The smallest absolute Gasteiger partial charge is 0.274 e. The van der Waals surface area contributed by atoms with Gasteiger partial charge in [0.1, 0.15) is 5.69 Å². The Morgan fingerprint density at radius 1 is 1.30 bits per heavy atom. The van der Waals surface area contributed by atoms with Crippen LogP contribution in [0.15, 0.2) is 12.4 Å². The van der Waals surface area contributed by atoms with Gasteiger partial charge in [0, 0.05) is 24.9 Å². The summed E-state index contributed by atoms with van der Waals surface area (Å²) < 4.78 is 5.26. The first kappa shape index (κ1) is 15.2. The van der Waals surface area contributed by atoms with Crippen LogP contribution >= 0.6 is 11.8 Å². The highest BCUT2D eigenvalue weighted by Crippen LogP contribution is 2.47. The molecule has 1 spiro atoms. The number of thioether (sulfide) groups is 1. The van der Waals surface area contributed by atoms with Crippen molar-refractivity contribution in [2.45, 2.75) is 30.1 Å². The van der Waals surface area contributed by atoms with Gasteiger partial charge in [-0.25, -0.2) is 9.97 Å². The van der Waals surface area contributed by atoms with Gasteiger partial charge in [-0.3, -0.25) is 9.69 Å². The van der Waals surface area contributed by atoms with Crippen molar-refractivity contribution in [2.24, 2.45) is 0 Å². The number of hydrogen-bond donors (Lipinski definition) is 0. The van der Waals surface area contributed by atoms with Crippen molar-refractivity contribution in [3.05, 3.63) is 18.1 Å². The van der Waals surface area contributed by atoms with Gasteiger partial charge < -0.3 is 9.64 Å². The first-order valence-electron chi connectivity index (χ1n) is 8.22. The zero-order valence-corrected chi connectivity index (χ0v) is 14.2. The number of nitrogens with zero attached hydrogens (tertiary/aromatic N) is 4. The zero-order chi connectivity index (χ0) is 15.9. The third kappa shape index (κ3) is 2.80. The predicted octanol–water partition coefficient (Wildman–Crippen LogP) is 1.28. The number of likely N-dealkylation sites (tertiary alicyclic amines) is 2. The predicted molar refractivity (Wildman–Crippen MR) is 88.9 cm³/mol. The van der Waals surface area contributed by atoms with Crippen molar-refractivity contribution in [3.63, 3.8) is 0 Å². The lowest BCUT2D eigenvalue weighted by Gasteiger charge is -2.47. The van der Waals surface area contributed by atoms with E-state index in [1.54, 1.807) is 7.11 Å². The van der Waals surface area contributed by atoms with Gasteiger partial charge in [0.25, 0.3) is 5.91 Å². The van der Waals surface area contributed by atoms with E-state index in [1.165, 1.54) is 50.5 Å². The van der Waals surface area contributed by atoms with Crippen LogP contribution in [0.5, 0.6) is 5.88 Å². The molecule has 6 nitrogen and oxygen atoms in total. The molecule has 0 saturated carbocycles. The van der Waals surface area contributed by atoms with E-state index in [0.717, 1.165) is 13.1 Å². The van der Waals surface area contributed by atoms with Crippen LogP contribution in [0.4, 0.5) is 0 Å². The molecule has 3 aliphatic rings. The number of carbonyl (C=O) groups excluding carboxylic acids is 1. The van der Waals surface area contributed by atoms with E-state index in [-0.39, 0.29) is 10.7 Å². The average molecular weight is 334 g/mol. The molecule has 0 N–H and O–H groups in total. The van der Waals surface area contributed by atoms with E-state index >= 15 is 0 Å². The number of ether oxygens (including phenoxy) is 1. The summed E-state index contributed by atoms with van der Waals surface area (Å²) in [7, 11) is 1.54. The van der Waals surface area contributed by atoms with Gasteiger partial charge in [0.05, 0.1) is 24.3 Å². The number of amides is 1. The molecule has 1 unspecified atom stereocenters. The van der Waals surface area contributed by atoms with E-state index in [0.29, 0.717) is 17.6 Å². The van der Waals surface area contributed by atoms with Crippen molar-refractivity contribution < 1.29 is 9.53 Å². The Morgan fingerprint density at radius 3 is 2.74 bits per heavy atom. The average Bonchev–Trinajstić information content (AvgIpc) is 3.22. The molecule has 1 amide bonds. The highest BCUT2D eigenvalue weighted by atomic mass is 32.2. The third-order valence-corrected chi connectivity index (χ3v) is 6.74. The largest absolute Gasteiger partial charge is 0.480 e. The zero-order valence-electron chi connectivity index (χ0n) is 13.4. The van der Waals surface area contributed by atoms with Crippen molar-refractivity contribution in [2.75, 3.05) is 39.0 Å². The molecule has 3 fully saturated rings. The molecule has 0 aromatic carbocycles. The summed E-state index contributed by atoms with van der Waals surface area (Å²) in [5, 5.41) is 0. The van der Waals surface area contributed by atoms with E-state index in [9.17, 15) is 4.79 Å². The van der Waals surface area contributed by atoms with Crippen LogP contribution in [-0.4, -0.2) is 75.5 Å². The molecule has 3 saturated heterocycles. The molecule has 3 aliphatic heterocycles. The number of methoxy groups -OCH3 is 1. The SMILES string of the molecule is COc1cnc(C(=O)N2CC3(CC(N4CCCC4)CS3)C2)cn1. The van der Waals surface area contributed by atoms with Gasteiger partial charge >= 0.3 is 0 Å². The number of carbonyl (C=O) groups is 1. The summed E-state index contributed by atoms with van der Waals surface area (Å²) in [6.45, 7) is 4.19. The van der Waals surface area contributed by atoms with Crippen LogP contribution in [0.1, 0.15) is 29.8 Å². The quantitative estimate of drug-likeness (QED) is 0.830. The molecule has 0 bridgehead atoms. The fraction of sp³-hybridized carbons (Fsp3) is 0.688. The molecule has 23 heavy (non-hydrogen) atoms. The molecule has 1 atom stereocenters. The summed E-state index contributed by atoms with van der Waals surface area (Å²) in [4.78, 5) is 25.2. The minimum Gasteiger partial charge on any atom is -0.480 e. The van der Waals surface area contributed by atoms with Crippen LogP contribution in [0, 0.1) is 0 Å². The van der Waals surface area contributed by atoms with Crippen LogP contribution in [0.25, 0.3) is 0 Å².